The Hall–Kier alpha value is -5.09. The number of phosphoric acid groups is 2. The second-order valence-electron chi connectivity index (χ2n) is 25.1. The van der Waals surface area contributed by atoms with Gasteiger partial charge in [0.2, 0.25) is 0 Å². The number of allylic oxidation sites excluding steroid dienone is 28. The summed E-state index contributed by atoms with van der Waals surface area (Å²) < 4.78 is 61.1. The predicted molar refractivity (Wildman–Crippen MR) is 417 cm³/mol. The molecule has 0 radical (unpaired) electrons. The van der Waals surface area contributed by atoms with Gasteiger partial charge in [-0.3, -0.25) is 32.5 Å². The first-order valence-corrected chi connectivity index (χ1v) is 41.4. The van der Waals surface area contributed by atoms with Gasteiger partial charge in [0.25, 0.3) is 0 Å². The quantitative estimate of drug-likeness (QED) is 0.0146. The Kier molecular flexibility index (Phi) is 70.9. The normalized spacial score (nSPS) is 15.0. The molecule has 101 heavy (non-hydrogen) atoms. The van der Waals surface area contributed by atoms with E-state index >= 15 is 0 Å². The fourth-order valence-corrected chi connectivity index (χ4v) is 11.1. The van der Waals surface area contributed by atoms with E-state index in [-0.39, 0.29) is 19.3 Å². The van der Waals surface area contributed by atoms with Gasteiger partial charge in [-0.2, -0.15) is 0 Å². The van der Waals surface area contributed by atoms with E-state index in [0.29, 0.717) is 19.3 Å². The zero-order valence-electron chi connectivity index (χ0n) is 62.5. The Labute approximate surface area is 612 Å². The minimum Gasteiger partial charge on any atom is -0.463 e. The van der Waals surface area contributed by atoms with E-state index < -0.39 is 91.5 Å². The van der Waals surface area contributed by atoms with Crippen molar-refractivity contribution in [1.82, 2.24) is 0 Å². The molecule has 16 nitrogen and oxygen atoms in total. The molecule has 0 aromatic rings. The molecule has 0 fully saturated rings. The van der Waals surface area contributed by atoms with E-state index in [9.17, 15) is 43.5 Å². The fraction of sp³-hybridized carbons (Fsp3) is 0.627. The number of esters is 3. The summed E-state index contributed by atoms with van der Waals surface area (Å²) in [5.74, 6) is -1.67. The van der Waals surface area contributed by atoms with Crippen molar-refractivity contribution >= 4 is 33.6 Å². The molecule has 0 saturated heterocycles. The first-order valence-electron chi connectivity index (χ1n) is 38.4. The number of hydrogen-bond acceptors (Lipinski definition) is 14. The van der Waals surface area contributed by atoms with Crippen molar-refractivity contribution in [1.29, 1.82) is 0 Å². The maximum atomic E-state index is 13.0. The van der Waals surface area contributed by atoms with E-state index in [1.807, 2.05) is 0 Å². The minimum atomic E-state index is -4.96. The van der Waals surface area contributed by atoms with E-state index in [4.69, 9.17) is 32.3 Å². The third-order valence-corrected chi connectivity index (χ3v) is 17.3. The molecule has 4 N–H and O–H groups in total. The Balaban J connectivity index is 4.79. The maximum Gasteiger partial charge on any atom is 0.472 e. The standard InChI is InChI=1S/C83H136O16P2/c1-4-7-10-13-16-19-22-25-28-31-34-37-38-41-43-45-48-51-54-57-60-63-66-69-81(86)93-72-78(84)73-95-100(89,90)96-74-79(85)75-97-101(91,92)98-77-80(99-83(88)71-68-65-62-59-56-53-50-47-44-40-36-33-30-27-24-21-18-15-12-9-6-3)76-94-82(87)70-67-64-61-58-55-52-49-46-42-39-35-32-29-26-23-20-17-14-11-8-5-2/h8,11,16-21,25-30,34-37,39-41,43,46-47,49-50,55,58,78-80,84-85H,4-7,9-10,12-15,22-24,31-33,38,42,44-45,48,51-54,56-57,59-77H2,1-3H3,(H,89,90)(H,91,92)/b11-8-,19-16-,20-17-,21-18-,28-25-,29-26-,30-27-,37-34-,39-35-,40-36-,43-41-,49-46-,50-47-,58-55-. The lowest BCUT2D eigenvalue weighted by Gasteiger charge is -2.21. The summed E-state index contributed by atoms with van der Waals surface area (Å²) in [6.07, 6.45) is 93.9. The summed E-state index contributed by atoms with van der Waals surface area (Å²) in [4.78, 5) is 58.7. The molecule has 0 saturated carbocycles. The van der Waals surface area contributed by atoms with Gasteiger partial charge >= 0.3 is 33.6 Å². The average Bonchev–Trinajstić information content (AvgIpc) is 0.972. The van der Waals surface area contributed by atoms with Crippen LogP contribution in [-0.2, 0) is 55.8 Å². The van der Waals surface area contributed by atoms with Crippen LogP contribution in [0.3, 0.4) is 0 Å². The van der Waals surface area contributed by atoms with Crippen molar-refractivity contribution in [2.24, 2.45) is 0 Å². The Morgan fingerprint density at radius 3 is 0.851 bits per heavy atom. The molecular weight excluding hydrogens is 1310 g/mol. The van der Waals surface area contributed by atoms with Crippen molar-refractivity contribution in [3.8, 4) is 0 Å². The zero-order valence-corrected chi connectivity index (χ0v) is 64.3. The Bertz CT molecular complexity index is 2520. The number of rotatable bonds is 71. The Morgan fingerprint density at radius 1 is 0.287 bits per heavy atom. The number of carbonyl (C=O) groups excluding carboxylic acids is 3. The van der Waals surface area contributed by atoms with E-state index in [0.717, 1.165) is 173 Å². The number of hydrogen-bond donors (Lipinski definition) is 4. The molecule has 18 heteroatoms. The van der Waals surface area contributed by atoms with Crippen LogP contribution in [0.15, 0.2) is 170 Å². The van der Waals surface area contributed by atoms with Gasteiger partial charge in [0.1, 0.15) is 25.4 Å². The van der Waals surface area contributed by atoms with Crippen molar-refractivity contribution in [3.05, 3.63) is 170 Å². The maximum absolute atomic E-state index is 13.0. The van der Waals surface area contributed by atoms with Crippen LogP contribution < -0.4 is 0 Å². The first-order chi connectivity index (χ1) is 49.2. The number of aliphatic hydroxyl groups excluding tert-OH is 2. The minimum absolute atomic E-state index is 0.0662. The molecule has 0 spiro atoms. The smallest absolute Gasteiger partial charge is 0.463 e. The van der Waals surface area contributed by atoms with Gasteiger partial charge in [0.05, 0.1) is 26.4 Å². The first kappa shape index (κ1) is 95.9. The number of ether oxygens (including phenoxy) is 3. The molecule has 5 atom stereocenters. The predicted octanol–water partition coefficient (Wildman–Crippen LogP) is 22.4. The largest absolute Gasteiger partial charge is 0.472 e. The van der Waals surface area contributed by atoms with E-state index in [2.05, 4.69) is 191 Å². The zero-order chi connectivity index (χ0) is 73.7. The highest BCUT2D eigenvalue weighted by molar-refractivity contribution is 7.47. The molecule has 0 bridgehead atoms. The van der Waals surface area contributed by atoms with Gasteiger partial charge in [0.15, 0.2) is 6.10 Å². The van der Waals surface area contributed by atoms with E-state index in [1.54, 1.807) is 0 Å². The van der Waals surface area contributed by atoms with Crippen LogP contribution in [-0.4, -0.2) is 95.9 Å². The molecule has 574 valence electrons. The van der Waals surface area contributed by atoms with Crippen molar-refractivity contribution in [2.45, 2.75) is 296 Å². The number of aliphatic hydroxyl groups is 2. The lowest BCUT2D eigenvalue weighted by molar-refractivity contribution is -0.161. The van der Waals surface area contributed by atoms with Crippen molar-refractivity contribution in [3.63, 3.8) is 0 Å². The topological polar surface area (TPSA) is 231 Å². The molecule has 0 aliphatic heterocycles. The Morgan fingerprint density at radius 2 is 0.525 bits per heavy atom. The molecule has 0 heterocycles. The van der Waals surface area contributed by atoms with Crippen molar-refractivity contribution < 1.29 is 75.8 Å². The van der Waals surface area contributed by atoms with Gasteiger partial charge in [-0.1, -0.05) is 268 Å². The van der Waals surface area contributed by atoms with Crippen LogP contribution in [0.5, 0.6) is 0 Å². The molecule has 0 amide bonds. The van der Waals surface area contributed by atoms with Crippen LogP contribution in [0, 0.1) is 0 Å². The molecule has 0 aliphatic carbocycles. The highest BCUT2D eigenvalue weighted by Crippen LogP contribution is 2.45. The third kappa shape index (κ3) is 75.9. The third-order valence-electron chi connectivity index (χ3n) is 15.4. The number of phosphoric ester groups is 2. The van der Waals surface area contributed by atoms with Crippen LogP contribution in [0.1, 0.15) is 278 Å². The van der Waals surface area contributed by atoms with Crippen LogP contribution in [0.2, 0.25) is 0 Å². The highest BCUT2D eigenvalue weighted by Gasteiger charge is 2.29. The number of unbranched alkanes of at least 4 members (excludes halogenated alkanes) is 20. The van der Waals surface area contributed by atoms with Gasteiger partial charge in [0, 0.05) is 19.3 Å². The summed E-state index contributed by atoms with van der Waals surface area (Å²) in [5.41, 5.74) is 0. The van der Waals surface area contributed by atoms with Crippen molar-refractivity contribution in [2.75, 3.05) is 39.6 Å². The summed E-state index contributed by atoms with van der Waals surface area (Å²) >= 11 is 0. The summed E-state index contributed by atoms with van der Waals surface area (Å²) in [5, 5.41) is 20.6. The van der Waals surface area contributed by atoms with Gasteiger partial charge in [-0.25, -0.2) is 9.13 Å². The SMILES string of the molecule is CC/C=C\C/C=C\C/C=C\C/C=C\C/C=C\C/C=C\CCCCC(=O)OCC(COP(=O)(O)OCC(O)COP(=O)(O)OCC(O)COC(=O)CCCCCCCCC/C=C\C/C=C\C/C=C\C/C=C\CCCCC)OC(=O)CCCCCCC/C=C\C/C=C\C/C=C\C/C=C\CCCCC. The lowest BCUT2D eigenvalue weighted by Crippen LogP contribution is -2.30. The van der Waals surface area contributed by atoms with Gasteiger partial charge in [-0.15, -0.1) is 0 Å². The lowest BCUT2D eigenvalue weighted by atomic mass is 10.1. The highest BCUT2D eigenvalue weighted by atomic mass is 31.2. The summed E-state index contributed by atoms with van der Waals surface area (Å²) in [6, 6.07) is 0. The monoisotopic (exact) mass is 1450 g/mol. The number of carbonyl (C=O) groups is 3. The molecule has 0 aliphatic rings. The van der Waals surface area contributed by atoms with Crippen LogP contribution in [0.25, 0.3) is 0 Å². The molecule has 0 aromatic heterocycles. The molecular formula is C83H136O16P2. The van der Waals surface area contributed by atoms with Crippen LogP contribution >= 0.6 is 15.6 Å². The molecule has 5 unspecified atom stereocenters. The average molecular weight is 1450 g/mol. The summed E-state index contributed by atoms with van der Waals surface area (Å²) in [7, 11) is -9.83. The van der Waals surface area contributed by atoms with Gasteiger partial charge in [-0.05, 0) is 161 Å². The van der Waals surface area contributed by atoms with Crippen LogP contribution in [0.4, 0.5) is 0 Å². The van der Waals surface area contributed by atoms with Gasteiger partial charge < -0.3 is 34.2 Å². The second-order valence-corrected chi connectivity index (χ2v) is 28.0. The second kappa shape index (κ2) is 74.6. The summed E-state index contributed by atoms with van der Waals surface area (Å²) in [6.45, 7) is 2.40. The fourth-order valence-electron chi connectivity index (χ4n) is 9.54. The molecule has 0 aromatic carbocycles. The van der Waals surface area contributed by atoms with E-state index in [1.165, 1.54) is 44.9 Å². The molecule has 0 rings (SSSR count).